The summed E-state index contributed by atoms with van der Waals surface area (Å²) in [5, 5.41) is 0. The maximum atomic E-state index is 9.75. The highest BCUT2D eigenvalue weighted by molar-refractivity contribution is 6.50. The Balaban J connectivity index is 0.000000347. The Bertz CT molecular complexity index is 424. The van der Waals surface area contributed by atoms with Crippen LogP contribution in [-0.2, 0) is 0 Å². The van der Waals surface area contributed by atoms with Crippen LogP contribution in [0.25, 0.3) is 0 Å². The van der Waals surface area contributed by atoms with E-state index in [1.807, 2.05) is 0 Å². The second-order valence-electron chi connectivity index (χ2n) is 4.46. The summed E-state index contributed by atoms with van der Waals surface area (Å²) in [6, 6.07) is 10.7. The van der Waals surface area contributed by atoms with Crippen LogP contribution in [0.1, 0.15) is 32.1 Å². The highest BCUT2D eigenvalue weighted by Crippen LogP contribution is 2.22. The Morgan fingerprint density at radius 3 is 2.05 bits per heavy atom. The Labute approximate surface area is 127 Å². The summed E-state index contributed by atoms with van der Waals surface area (Å²) >= 11 is -0.0614. The van der Waals surface area contributed by atoms with E-state index in [-0.39, 0.29) is 21.2 Å². The molecule has 0 bridgehead atoms. The summed E-state index contributed by atoms with van der Waals surface area (Å²) < 4.78 is 43.9. The first-order chi connectivity index (χ1) is 9.45. The number of rotatable bonds is 1. The van der Waals surface area contributed by atoms with Gasteiger partial charge in [0.05, 0.1) is 0 Å². The van der Waals surface area contributed by atoms with Crippen molar-refractivity contribution in [2.45, 2.75) is 32.1 Å². The number of hydrogen-bond donors (Lipinski definition) is 0. The minimum absolute atomic E-state index is 0.0614. The predicted molar refractivity (Wildman–Crippen MR) is 69.7 cm³/mol. The normalized spacial score (nSPS) is 15.6. The topological polar surface area (TPSA) is 0 Å². The van der Waals surface area contributed by atoms with Crippen LogP contribution in [0.3, 0.4) is 0 Å². The molecule has 0 atom stereocenters. The molecule has 0 aliphatic heterocycles. The molecular formula is C14H16BF4I. The van der Waals surface area contributed by atoms with Crippen molar-refractivity contribution in [2.75, 3.05) is 0 Å². The maximum Gasteiger partial charge on any atom is 0.673 e. The van der Waals surface area contributed by atoms with Crippen molar-refractivity contribution in [1.29, 1.82) is 0 Å². The summed E-state index contributed by atoms with van der Waals surface area (Å²) in [7, 11) is -6.00. The van der Waals surface area contributed by atoms with Crippen LogP contribution < -0.4 is 21.2 Å². The highest BCUT2D eigenvalue weighted by atomic mass is 127. The minimum atomic E-state index is -6.00. The first-order valence-corrected chi connectivity index (χ1v) is 8.67. The van der Waals surface area contributed by atoms with Crippen molar-refractivity contribution in [3.05, 3.63) is 33.9 Å². The Morgan fingerprint density at radius 1 is 0.950 bits per heavy atom. The van der Waals surface area contributed by atoms with Crippen LogP contribution in [0, 0.1) is 19.3 Å². The van der Waals surface area contributed by atoms with E-state index in [1.165, 1.54) is 35.7 Å². The van der Waals surface area contributed by atoms with Gasteiger partial charge in [-0.3, -0.25) is 0 Å². The van der Waals surface area contributed by atoms with Crippen LogP contribution in [0.15, 0.2) is 30.3 Å². The van der Waals surface area contributed by atoms with Gasteiger partial charge in [-0.1, -0.05) is 37.5 Å². The van der Waals surface area contributed by atoms with Crippen LogP contribution in [0.4, 0.5) is 17.3 Å². The zero-order chi connectivity index (χ0) is 14.8. The lowest BCUT2D eigenvalue weighted by molar-refractivity contribution is -0.535. The van der Waals surface area contributed by atoms with Gasteiger partial charge in [0.2, 0.25) is 3.57 Å². The minimum Gasteiger partial charge on any atom is -0.418 e. The van der Waals surface area contributed by atoms with Crippen LogP contribution >= 0.6 is 0 Å². The average molecular weight is 398 g/mol. The molecule has 0 saturated heterocycles. The van der Waals surface area contributed by atoms with E-state index in [2.05, 4.69) is 40.2 Å². The molecule has 1 fully saturated rings. The fourth-order valence-corrected chi connectivity index (χ4v) is 3.57. The molecule has 20 heavy (non-hydrogen) atoms. The quantitative estimate of drug-likeness (QED) is 0.293. The fourth-order valence-electron chi connectivity index (χ4n) is 1.88. The van der Waals surface area contributed by atoms with Crippen LogP contribution in [0.2, 0.25) is 0 Å². The lowest BCUT2D eigenvalue weighted by Crippen LogP contribution is -3.59. The fraction of sp³-hybridized carbons (Fsp3) is 0.429. The zero-order valence-corrected chi connectivity index (χ0v) is 13.1. The van der Waals surface area contributed by atoms with Gasteiger partial charge in [-0.2, -0.15) is 0 Å². The second kappa shape index (κ2) is 9.27. The molecular weight excluding hydrogens is 382 g/mol. The molecule has 1 aliphatic carbocycles. The standard InChI is InChI=1S/C14H16I.BF4/c1-3-7-13(8-4-1)11-12-15-14-9-5-2-6-10-14;2-1(3,4)5/h2,5-6,9-10,13H,1,3-4,7-8H2;/q+1;-1. The maximum absolute atomic E-state index is 9.75. The van der Waals surface area contributed by atoms with Gasteiger partial charge >= 0.3 is 28.5 Å². The number of halogens is 5. The lowest BCUT2D eigenvalue weighted by Gasteiger charge is -2.14. The van der Waals surface area contributed by atoms with Crippen LogP contribution in [0.5, 0.6) is 0 Å². The van der Waals surface area contributed by atoms with Gasteiger partial charge in [0.15, 0.2) is 3.93 Å². The first kappa shape index (κ1) is 17.3. The van der Waals surface area contributed by atoms with Crippen molar-refractivity contribution >= 4 is 7.25 Å². The van der Waals surface area contributed by atoms with E-state index in [4.69, 9.17) is 0 Å². The largest absolute Gasteiger partial charge is 0.673 e. The van der Waals surface area contributed by atoms with Crippen molar-refractivity contribution in [3.63, 3.8) is 0 Å². The zero-order valence-electron chi connectivity index (χ0n) is 11.0. The van der Waals surface area contributed by atoms with E-state index in [0.29, 0.717) is 5.92 Å². The first-order valence-electron chi connectivity index (χ1n) is 6.52. The van der Waals surface area contributed by atoms with Gasteiger partial charge in [0.25, 0.3) is 0 Å². The van der Waals surface area contributed by atoms with Gasteiger partial charge in [-0.05, 0) is 30.9 Å². The Kier molecular flexibility index (Phi) is 8.04. The molecule has 110 valence electrons. The summed E-state index contributed by atoms with van der Waals surface area (Å²) in [6.07, 6.45) is 6.88. The molecule has 0 aromatic heterocycles. The van der Waals surface area contributed by atoms with Gasteiger partial charge in [0, 0.05) is 5.92 Å². The summed E-state index contributed by atoms with van der Waals surface area (Å²) in [5.41, 5.74) is 0. The molecule has 1 aromatic rings. The van der Waals surface area contributed by atoms with Gasteiger partial charge in [-0.25, -0.2) is 0 Å². The molecule has 1 aromatic carbocycles. The van der Waals surface area contributed by atoms with Gasteiger partial charge in [0.1, 0.15) is 0 Å². The predicted octanol–water partition coefficient (Wildman–Crippen LogP) is 1.79. The molecule has 0 nitrogen and oxygen atoms in total. The third kappa shape index (κ3) is 10.1. The van der Waals surface area contributed by atoms with Crippen LogP contribution in [-0.4, -0.2) is 7.25 Å². The smallest absolute Gasteiger partial charge is 0.418 e. The van der Waals surface area contributed by atoms with Crippen molar-refractivity contribution in [1.82, 2.24) is 0 Å². The van der Waals surface area contributed by atoms with Crippen molar-refractivity contribution < 1.29 is 38.5 Å². The molecule has 2 rings (SSSR count). The van der Waals surface area contributed by atoms with Crippen molar-refractivity contribution in [2.24, 2.45) is 5.92 Å². The summed E-state index contributed by atoms with van der Waals surface area (Å²) in [4.78, 5) is 0. The summed E-state index contributed by atoms with van der Waals surface area (Å²) in [6.45, 7) is 0. The molecule has 0 spiro atoms. The third-order valence-electron chi connectivity index (χ3n) is 2.75. The van der Waals surface area contributed by atoms with E-state index in [0.717, 1.165) is 0 Å². The Hall–Kier alpha value is -0.705. The highest BCUT2D eigenvalue weighted by Gasteiger charge is 2.20. The molecule has 0 unspecified atom stereocenters. The molecule has 0 amide bonds. The molecule has 1 saturated carbocycles. The lowest BCUT2D eigenvalue weighted by atomic mass is 9.90. The van der Waals surface area contributed by atoms with Gasteiger partial charge < -0.3 is 17.3 Å². The molecule has 0 radical (unpaired) electrons. The number of hydrogen-bond acceptors (Lipinski definition) is 0. The molecule has 6 heteroatoms. The molecule has 0 heterocycles. The van der Waals surface area contributed by atoms with Gasteiger partial charge in [-0.15, -0.1) is 0 Å². The third-order valence-corrected chi connectivity index (χ3v) is 4.68. The van der Waals surface area contributed by atoms with E-state index in [1.54, 1.807) is 0 Å². The van der Waals surface area contributed by atoms with E-state index < -0.39 is 7.25 Å². The van der Waals surface area contributed by atoms with E-state index in [9.17, 15) is 17.3 Å². The van der Waals surface area contributed by atoms with E-state index >= 15 is 0 Å². The molecule has 0 N–H and O–H groups in total. The summed E-state index contributed by atoms with van der Waals surface area (Å²) in [5.74, 6) is 4.18. The number of benzene rings is 1. The SMILES string of the molecule is C(#CC1CCCCC1)[I+]c1ccccc1.F[B-](F)(F)F. The second-order valence-corrected chi connectivity index (χ2v) is 6.78. The Morgan fingerprint density at radius 2 is 1.50 bits per heavy atom. The molecule has 1 aliphatic rings. The average Bonchev–Trinajstić information content (AvgIpc) is 2.39. The monoisotopic (exact) mass is 398 g/mol. The van der Waals surface area contributed by atoms with Crippen molar-refractivity contribution in [3.8, 4) is 9.85 Å².